The highest BCUT2D eigenvalue weighted by atomic mass is 32.2. The Labute approximate surface area is 185 Å². The van der Waals surface area contributed by atoms with Crippen molar-refractivity contribution >= 4 is 16.0 Å². The molecule has 6 nitrogen and oxygen atoms in total. The number of aryl methyl sites for hydroxylation is 1. The molecule has 0 atom stereocenters. The van der Waals surface area contributed by atoms with Crippen molar-refractivity contribution < 1.29 is 17.8 Å². The standard InChI is InChI=1S/C17H24N2O.C7H8O3S/c20-16(19-12-4-5-13-19)17(8-10-18-11-9-17)14-15-6-2-1-3-7-15;1-6-2-4-7(5-3-6)11(8,9)10/h1-3,6-7,18H,4-5,8-14H2;2-5H,1H3,(H,8,9,10). The maximum atomic E-state index is 13.0. The van der Waals surface area contributed by atoms with E-state index in [0.29, 0.717) is 5.91 Å². The van der Waals surface area contributed by atoms with Crippen LogP contribution >= 0.6 is 0 Å². The van der Waals surface area contributed by atoms with Crippen LogP contribution in [0.2, 0.25) is 0 Å². The number of benzene rings is 2. The number of piperidine rings is 1. The molecule has 0 bridgehead atoms. The first-order chi connectivity index (χ1) is 14.8. The van der Waals surface area contributed by atoms with Gasteiger partial charge in [0.25, 0.3) is 10.1 Å². The monoisotopic (exact) mass is 444 g/mol. The fourth-order valence-corrected chi connectivity index (χ4v) is 4.80. The van der Waals surface area contributed by atoms with E-state index < -0.39 is 10.1 Å². The van der Waals surface area contributed by atoms with Crippen LogP contribution in [0, 0.1) is 12.3 Å². The number of carbonyl (C=O) groups is 1. The zero-order chi connectivity index (χ0) is 22.3. The normalized spacial score (nSPS) is 18.2. The summed E-state index contributed by atoms with van der Waals surface area (Å²) in [5, 5.41) is 3.40. The maximum Gasteiger partial charge on any atom is 0.294 e. The largest absolute Gasteiger partial charge is 0.342 e. The van der Waals surface area contributed by atoms with Crippen molar-refractivity contribution in [1.29, 1.82) is 0 Å². The van der Waals surface area contributed by atoms with Crippen LogP contribution in [-0.4, -0.2) is 50.0 Å². The van der Waals surface area contributed by atoms with Crippen LogP contribution < -0.4 is 5.32 Å². The molecule has 2 N–H and O–H groups in total. The minimum atomic E-state index is -4.02. The van der Waals surface area contributed by atoms with E-state index in [1.165, 1.54) is 30.5 Å². The Kier molecular flexibility index (Phi) is 7.86. The first-order valence-electron chi connectivity index (χ1n) is 10.9. The zero-order valence-corrected chi connectivity index (χ0v) is 18.9. The summed E-state index contributed by atoms with van der Waals surface area (Å²) in [6, 6.07) is 16.5. The molecule has 2 saturated heterocycles. The number of hydrogen-bond acceptors (Lipinski definition) is 4. The van der Waals surface area contributed by atoms with Crippen LogP contribution in [0.25, 0.3) is 0 Å². The third-order valence-corrected chi connectivity index (χ3v) is 6.98. The van der Waals surface area contributed by atoms with E-state index in [2.05, 4.69) is 34.5 Å². The van der Waals surface area contributed by atoms with Gasteiger partial charge < -0.3 is 10.2 Å². The second-order valence-electron chi connectivity index (χ2n) is 8.48. The summed E-state index contributed by atoms with van der Waals surface area (Å²) < 4.78 is 29.6. The molecule has 2 fully saturated rings. The Morgan fingerprint density at radius 2 is 1.58 bits per heavy atom. The van der Waals surface area contributed by atoms with Gasteiger partial charge in [-0.1, -0.05) is 48.0 Å². The summed E-state index contributed by atoms with van der Waals surface area (Å²) in [5.41, 5.74) is 2.08. The average Bonchev–Trinajstić information content (AvgIpc) is 3.29. The third kappa shape index (κ3) is 6.38. The average molecular weight is 445 g/mol. The molecule has 0 aromatic heterocycles. The lowest BCUT2D eigenvalue weighted by atomic mass is 9.73. The van der Waals surface area contributed by atoms with E-state index >= 15 is 0 Å². The molecule has 0 unspecified atom stereocenters. The first-order valence-corrected chi connectivity index (χ1v) is 12.3. The lowest BCUT2D eigenvalue weighted by Crippen LogP contribution is -2.49. The number of amides is 1. The highest BCUT2D eigenvalue weighted by molar-refractivity contribution is 7.85. The minimum absolute atomic E-state index is 0.0666. The molecule has 31 heavy (non-hydrogen) atoms. The molecule has 0 radical (unpaired) electrons. The molecule has 4 rings (SSSR count). The van der Waals surface area contributed by atoms with Crippen molar-refractivity contribution in [2.75, 3.05) is 26.2 Å². The van der Waals surface area contributed by atoms with Crippen molar-refractivity contribution in [2.45, 2.75) is 43.9 Å². The molecular formula is C24H32N2O4S. The van der Waals surface area contributed by atoms with Crippen LogP contribution in [0.4, 0.5) is 0 Å². The van der Waals surface area contributed by atoms with Crippen LogP contribution in [-0.2, 0) is 21.3 Å². The van der Waals surface area contributed by atoms with Gasteiger partial charge in [0, 0.05) is 13.1 Å². The summed E-state index contributed by atoms with van der Waals surface area (Å²) in [6.07, 6.45) is 5.18. The van der Waals surface area contributed by atoms with Crippen LogP contribution in [0.1, 0.15) is 36.8 Å². The Balaban J connectivity index is 0.000000210. The Morgan fingerprint density at radius 1 is 1.00 bits per heavy atom. The Hall–Kier alpha value is -2.22. The number of likely N-dealkylation sites (tertiary alicyclic amines) is 1. The molecule has 2 aliphatic rings. The quantitative estimate of drug-likeness (QED) is 0.706. The molecule has 0 saturated carbocycles. The summed E-state index contributed by atoms with van der Waals surface area (Å²) in [5.74, 6) is 0.403. The summed E-state index contributed by atoms with van der Waals surface area (Å²) in [4.78, 5) is 15.1. The van der Waals surface area contributed by atoms with Crippen molar-refractivity contribution in [2.24, 2.45) is 5.41 Å². The van der Waals surface area contributed by atoms with E-state index in [1.807, 2.05) is 13.0 Å². The number of hydrogen-bond donors (Lipinski definition) is 2. The molecule has 1 amide bonds. The molecule has 168 valence electrons. The summed E-state index contributed by atoms with van der Waals surface area (Å²) in [6.45, 7) is 5.69. The van der Waals surface area contributed by atoms with Crippen molar-refractivity contribution in [3.8, 4) is 0 Å². The van der Waals surface area contributed by atoms with Crippen LogP contribution in [0.3, 0.4) is 0 Å². The first kappa shape index (κ1) is 23.4. The van der Waals surface area contributed by atoms with Crippen molar-refractivity contribution in [3.05, 3.63) is 65.7 Å². The van der Waals surface area contributed by atoms with E-state index in [0.717, 1.165) is 51.0 Å². The molecule has 7 heteroatoms. The van der Waals surface area contributed by atoms with Gasteiger partial charge in [0.15, 0.2) is 0 Å². The van der Waals surface area contributed by atoms with Crippen LogP contribution in [0.5, 0.6) is 0 Å². The van der Waals surface area contributed by atoms with Gasteiger partial charge in [0.1, 0.15) is 0 Å². The fraction of sp³-hybridized carbons (Fsp3) is 0.458. The number of rotatable bonds is 4. The minimum Gasteiger partial charge on any atom is -0.342 e. The maximum absolute atomic E-state index is 13.0. The predicted molar refractivity (Wildman–Crippen MR) is 121 cm³/mol. The molecule has 0 spiro atoms. The summed E-state index contributed by atoms with van der Waals surface area (Å²) in [7, 11) is -4.02. The number of nitrogens with one attached hydrogen (secondary N) is 1. The van der Waals surface area contributed by atoms with Gasteiger partial charge in [0.05, 0.1) is 10.3 Å². The van der Waals surface area contributed by atoms with Gasteiger partial charge in [-0.2, -0.15) is 8.42 Å². The molecule has 0 aliphatic carbocycles. The van der Waals surface area contributed by atoms with Gasteiger partial charge in [-0.25, -0.2) is 0 Å². The highest BCUT2D eigenvalue weighted by Crippen LogP contribution is 2.36. The zero-order valence-electron chi connectivity index (χ0n) is 18.1. The van der Waals surface area contributed by atoms with Gasteiger partial charge in [-0.05, 0) is 69.8 Å². The Morgan fingerprint density at radius 3 is 2.13 bits per heavy atom. The van der Waals surface area contributed by atoms with Crippen molar-refractivity contribution in [3.63, 3.8) is 0 Å². The lowest BCUT2D eigenvalue weighted by Gasteiger charge is -2.39. The van der Waals surface area contributed by atoms with E-state index in [1.54, 1.807) is 12.1 Å². The van der Waals surface area contributed by atoms with Gasteiger partial charge >= 0.3 is 0 Å². The van der Waals surface area contributed by atoms with Crippen LogP contribution in [0.15, 0.2) is 59.5 Å². The highest BCUT2D eigenvalue weighted by Gasteiger charge is 2.42. The predicted octanol–water partition coefficient (Wildman–Crippen LogP) is 3.46. The number of nitrogens with zero attached hydrogens (tertiary/aromatic N) is 1. The smallest absolute Gasteiger partial charge is 0.294 e. The lowest BCUT2D eigenvalue weighted by molar-refractivity contribution is -0.142. The van der Waals surface area contributed by atoms with Gasteiger partial charge in [-0.15, -0.1) is 0 Å². The Bertz CT molecular complexity index is 947. The van der Waals surface area contributed by atoms with Gasteiger partial charge in [-0.3, -0.25) is 9.35 Å². The number of carbonyl (C=O) groups excluding carboxylic acids is 1. The van der Waals surface area contributed by atoms with Crippen molar-refractivity contribution in [1.82, 2.24) is 10.2 Å². The molecule has 2 heterocycles. The molecular weight excluding hydrogens is 412 g/mol. The topological polar surface area (TPSA) is 86.7 Å². The van der Waals surface area contributed by atoms with Gasteiger partial charge in [0.2, 0.25) is 5.91 Å². The fourth-order valence-electron chi connectivity index (χ4n) is 4.32. The van der Waals surface area contributed by atoms with E-state index in [4.69, 9.17) is 4.55 Å². The van der Waals surface area contributed by atoms with E-state index in [-0.39, 0.29) is 10.3 Å². The SMILES string of the molecule is Cc1ccc(S(=O)(=O)O)cc1.O=C(N1CCCC1)C1(Cc2ccccc2)CCNCC1. The molecule has 2 aromatic carbocycles. The molecule has 2 aliphatic heterocycles. The summed E-state index contributed by atoms with van der Waals surface area (Å²) >= 11 is 0. The second kappa shape index (κ2) is 10.4. The van der Waals surface area contributed by atoms with E-state index in [9.17, 15) is 13.2 Å². The second-order valence-corrected chi connectivity index (χ2v) is 9.90. The molecule has 2 aromatic rings. The third-order valence-electron chi connectivity index (χ3n) is 6.11.